The number of nitrogens with one attached hydrogen (secondary N) is 2. The molecular formula is C35H62N6O9P+. The lowest BCUT2D eigenvalue weighted by atomic mass is 10.0. The Morgan fingerprint density at radius 2 is 1.61 bits per heavy atom. The second kappa shape index (κ2) is 24.3. The van der Waals surface area contributed by atoms with Crippen molar-refractivity contribution in [2.45, 2.75) is 122 Å². The van der Waals surface area contributed by atoms with Crippen LogP contribution >= 0.6 is 7.82 Å². The number of non-ortho nitro benzene ring substituents is 1. The summed E-state index contributed by atoms with van der Waals surface area (Å²) >= 11 is 0. The zero-order chi connectivity index (χ0) is 37.5. The maximum absolute atomic E-state index is 12.8. The predicted octanol–water partition coefficient (Wildman–Crippen LogP) is 7.05. The number of fused-ring (bicyclic) bond motifs is 1. The first kappa shape index (κ1) is 44.2. The van der Waals surface area contributed by atoms with Crippen molar-refractivity contribution in [1.82, 2.24) is 15.6 Å². The van der Waals surface area contributed by atoms with E-state index >= 15 is 0 Å². The number of carbonyl (C=O) groups excluding carboxylic acids is 1. The number of carbonyl (C=O) groups is 1. The molecule has 1 amide bonds. The van der Waals surface area contributed by atoms with Gasteiger partial charge in [-0.3, -0.25) is 24.0 Å². The number of nitro benzene ring substituents is 1. The van der Waals surface area contributed by atoms with E-state index in [1.54, 1.807) is 12.1 Å². The van der Waals surface area contributed by atoms with E-state index in [1.807, 2.05) is 27.2 Å². The number of nitro groups is 1. The van der Waals surface area contributed by atoms with E-state index in [0.717, 1.165) is 19.3 Å². The summed E-state index contributed by atoms with van der Waals surface area (Å²) < 4.78 is 28.1. The molecule has 1 aromatic heterocycles. The number of benzene rings is 1. The molecule has 2 rings (SSSR count). The Morgan fingerprint density at radius 1 is 0.980 bits per heavy atom. The first-order valence-corrected chi connectivity index (χ1v) is 20.0. The highest BCUT2D eigenvalue weighted by atomic mass is 31.2. The summed E-state index contributed by atoms with van der Waals surface area (Å²) in [5.74, 6) is -0.321. The molecule has 1 aromatic carbocycles. The van der Waals surface area contributed by atoms with Gasteiger partial charge in [0.2, 0.25) is 11.4 Å². The van der Waals surface area contributed by atoms with Crippen LogP contribution in [-0.4, -0.2) is 95.2 Å². The fourth-order valence-corrected chi connectivity index (χ4v) is 6.13. The Balaban J connectivity index is 1.78. The summed E-state index contributed by atoms with van der Waals surface area (Å²) in [5.41, 5.74) is 0.713. The third-order valence-corrected chi connectivity index (χ3v) is 9.47. The molecule has 2 aromatic rings. The van der Waals surface area contributed by atoms with E-state index in [1.165, 1.54) is 63.9 Å². The Labute approximate surface area is 302 Å². The number of aromatic nitrogens is 2. The summed E-state index contributed by atoms with van der Waals surface area (Å²) in [5, 5.41) is 35.4. The standard InChI is InChI=1S/C35H61N6O9P/c1-5-6-7-8-9-10-11-12-13-14-15-16-18-21-32(42)30(28-49-51(46,47)48-27-26-41(2,3)4)37-33(43)22-19-17-20-25-36-29-23-24-31(40(44)45)35-34(29)38-50-39-35/h18,21,23-24,30,32,42H,5-17,19-20,22,25-28H2,1-4H3,(H2-,36,37,39,43,46,47)/p+1/t30-,32+/m0/s1. The molecule has 16 heteroatoms. The van der Waals surface area contributed by atoms with Crippen molar-refractivity contribution in [3.8, 4) is 0 Å². The third kappa shape index (κ3) is 19.5. The SMILES string of the molecule is CCCCCCCCCCCCCC=C[C@@H](O)[C@H](COP(=O)(O)OCC[N+](C)(C)C)NC(=O)CCCCCNc1ccc([N+](=O)[O-])c2nonc12. The average molecular weight is 742 g/mol. The third-order valence-electron chi connectivity index (χ3n) is 8.49. The first-order chi connectivity index (χ1) is 24.3. The summed E-state index contributed by atoms with van der Waals surface area (Å²) in [4.78, 5) is 33.7. The largest absolute Gasteiger partial charge is 0.472 e. The van der Waals surface area contributed by atoms with Crippen molar-refractivity contribution in [2.75, 3.05) is 52.8 Å². The van der Waals surface area contributed by atoms with Gasteiger partial charge in [0.15, 0.2) is 5.52 Å². The van der Waals surface area contributed by atoms with Gasteiger partial charge in [0.1, 0.15) is 13.2 Å². The fraction of sp³-hybridized carbons (Fsp3) is 0.743. The van der Waals surface area contributed by atoms with Gasteiger partial charge in [-0.2, -0.15) is 0 Å². The molecule has 0 aliphatic rings. The van der Waals surface area contributed by atoms with Crippen LogP contribution in [0.4, 0.5) is 11.4 Å². The van der Waals surface area contributed by atoms with Crippen LogP contribution in [-0.2, 0) is 18.4 Å². The molecule has 1 heterocycles. The molecule has 15 nitrogen and oxygen atoms in total. The Bertz CT molecular complexity index is 1370. The summed E-state index contributed by atoms with van der Waals surface area (Å²) in [6, 6.07) is 1.95. The second-order valence-corrected chi connectivity index (χ2v) is 15.6. The number of aliphatic hydroxyl groups is 1. The maximum atomic E-state index is 12.8. The van der Waals surface area contributed by atoms with Gasteiger partial charge in [-0.25, -0.2) is 9.19 Å². The molecule has 4 N–H and O–H groups in total. The minimum atomic E-state index is -4.41. The smallest absolute Gasteiger partial charge is 0.387 e. The summed E-state index contributed by atoms with van der Waals surface area (Å²) in [6.07, 6.45) is 19.0. The van der Waals surface area contributed by atoms with Gasteiger partial charge in [0.25, 0.3) is 0 Å². The second-order valence-electron chi connectivity index (χ2n) is 14.1. The number of allylic oxidation sites excluding steroid dienone is 1. The molecule has 0 bridgehead atoms. The van der Waals surface area contributed by atoms with Crippen LogP contribution in [0.5, 0.6) is 0 Å². The van der Waals surface area contributed by atoms with Gasteiger partial charge < -0.3 is 25.1 Å². The number of phosphoric acid groups is 1. The number of likely N-dealkylation sites (N-methyl/N-ethyl adjacent to an activating group) is 1. The Hall–Kier alpha value is -2.94. The lowest BCUT2D eigenvalue weighted by Gasteiger charge is -2.25. The number of aliphatic hydroxyl groups excluding tert-OH is 1. The highest BCUT2D eigenvalue weighted by molar-refractivity contribution is 7.47. The van der Waals surface area contributed by atoms with Gasteiger partial charge in [-0.05, 0) is 42.1 Å². The quantitative estimate of drug-likeness (QED) is 0.0159. The van der Waals surface area contributed by atoms with E-state index in [2.05, 4.69) is 32.5 Å². The van der Waals surface area contributed by atoms with E-state index in [4.69, 9.17) is 9.05 Å². The van der Waals surface area contributed by atoms with Crippen molar-refractivity contribution in [1.29, 1.82) is 0 Å². The van der Waals surface area contributed by atoms with Gasteiger partial charge in [-0.15, -0.1) is 0 Å². The molecule has 290 valence electrons. The zero-order valence-corrected chi connectivity index (χ0v) is 32.0. The lowest BCUT2D eigenvalue weighted by molar-refractivity contribution is -0.870. The van der Waals surface area contributed by atoms with Crippen molar-refractivity contribution in [2.24, 2.45) is 0 Å². The van der Waals surface area contributed by atoms with E-state index in [-0.39, 0.29) is 35.7 Å². The maximum Gasteiger partial charge on any atom is 0.472 e. The normalized spacial score (nSPS) is 14.5. The van der Waals surface area contributed by atoms with Crippen molar-refractivity contribution >= 4 is 36.1 Å². The molecule has 51 heavy (non-hydrogen) atoms. The monoisotopic (exact) mass is 741 g/mol. The Kier molecular flexibility index (Phi) is 21.1. The number of anilines is 1. The number of amides is 1. The predicted molar refractivity (Wildman–Crippen MR) is 198 cm³/mol. The molecule has 0 spiro atoms. The van der Waals surface area contributed by atoms with E-state index < -0.39 is 31.5 Å². The highest BCUT2D eigenvalue weighted by Crippen LogP contribution is 2.43. The van der Waals surface area contributed by atoms with Crippen molar-refractivity contribution < 1.29 is 42.4 Å². The van der Waals surface area contributed by atoms with Crippen LogP contribution < -0.4 is 10.6 Å². The molecule has 0 aliphatic heterocycles. The van der Waals surface area contributed by atoms with Crippen molar-refractivity contribution in [3.63, 3.8) is 0 Å². The number of unbranched alkanes of at least 4 members (excludes halogenated alkanes) is 13. The minimum Gasteiger partial charge on any atom is -0.387 e. The number of phosphoric ester groups is 1. The zero-order valence-electron chi connectivity index (χ0n) is 31.1. The molecule has 0 radical (unpaired) electrons. The van der Waals surface area contributed by atoms with Gasteiger partial charge in [-0.1, -0.05) is 89.7 Å². The van der Waals surface area contributed by atoms with Crippen LogP contribution in [0.2, 0.25) is 0 Å². The molecule has 3 atom stereocenters. The molecule has 0 fully saturated rings. The van der Waals surface area contributed by atoms with E-state index in [0.29, 0.717) is 42.5 Å². The van der Waals surface area contributed by atoms with Gasteiger partial charge >= 0.3 is 13.5 Å². The van der Waals surface area contributed by atoms with Gasteiger partial charge in [0, 0.05) is 19.0 Å². The van der Waals surface area contributed by atoms with Crippen LogP contribution in [0.15, 0.2) is 28.9 Å². The highest BCUT2D eigenvalue weighted by Gasteiger charge is 2.28. The van der Waals surface area contributed by atoms with Crippen LogP contribution in [0.1, 0.15) is 110 Å². The van der Waals surface area contributed by atoms with Crippen LogP contribution in [0.3, 0.4) is 0 Å². The molecule has 0 saturated carbocycles. The van der Waals surface area contributed by atoms with E-state index in [9.17, 15) is 29.5 Å². The lowest BCUT2D eigenvalue weighted by Crippen LogP contribution is -2.45. The Morgan fingerprint density at radius 3 is 2.25 bits per heavy atom. The number of hydrogen-bond donors (Lipinski definition) is 4. The number of hydrogen-bond acceptors (Lipinski definition) is 11. The molecule has 1 unspecified atom stereocenters. The number of quaternary nitrogens is 1. The summed E-state index contributed by atoms with van der Waals surface area (Å²) in [7, 11) is 1.39. The summed E-state index contributed by atoms with van der Waals surface area (Å²) in [6.45, 7) is 2.86. The fourth-order valence-electron chi connectivity index (χ4n) is 5.40. The minimum absolute atomic E-state index is 0.00905. The van der Waals surface area contributed by atoms with Crippen LogP contribution in [0.25, 0.3) is 11.0 Å². The first-order valence-electron chi connectivity index (χ1n) is 18.5. The van der Waals surface area contributed by atoms with Crippen molar-refractivity contribution in [3.05, 3.63) is 34.4 Å². The van der Waals surface area contributed by atoms with Crippen LogP contribution in [0, 0.1) is 10.1 Å². The average Bonchev–Trinajstić information content (AvgIpc) is 3.56. The molecule has 0 aliphatic carbocycles. The van der Waals surface area contributed by atoms with Gasteiger partial charge in [0.05, 0.1) is 50.5 Å². The number of nitrogens with zero attached hydrogens (tertiary/aromatic N) is 4. The molecular weight excluding hydrogens is 679 g/mol. The molecule has 0 saturated heterocycles. The topological polar surface area (TPSA) is 199 Å². The number of rotatable bonds is 30.